The van der Waals surface area contributed by atoms with Crippen LogP contribution in [0.5, 0.6) is 0 Å². The SMILES string of the molecule is CN(CC(=O)NC1CC1)c1cc(N)ccc1C(N)=O. The first kappa shape index (κ1) is 13.2. The minimum Gasteiger partial charge on any atom is -0.399 e. The van der Waals surface area contributed by atoms with Gasteiger partial charge in [0.2, 0.25) is 5.91 Å². The van der Waals surface area contributed by atoms with Crippen molar-refractivity contribution in [3.63, 3.8) is 0 Å². The molecule has 0 radical (unpaired) electrons. The van der Waals surface area contributed by atoms with E-state index in [-0.39, 0.29) is 12.5 Å². The minimum atomic E-state index is -0.538. The highest BCUT2D eigenvalue weighted by Crippen LogP contribution is 2.23. The zero-order valence-electron chi connectivity index (χ0n) is 10.8. The molecular formula is C13H18N4O2. The smallest absolute Gasteiger partial charge is 0.250 e. The third-order valence-electron chi connectivity index (χ3n) is 3.02. The fraction of sp³-hybridized carbons (Fsp3) is 0.385. The first-order valence-corrected chi connectivity index (χ1v) is 6.17. The van der Waals surface area contributed by atoms with Crippen LogP contribution in [0.15, 0.2) is 18.2 Å². The number of carbonyl (C=O) groups is 2. The average molecular weight is 262 g/mol. The van der Waals surface area contributed by atoms with Crippen molar-refractivity contribution in [1.29, 1.82) is 0 Å². The number of nitrogens with one attached hydrogen (secondary N) is 1. The molecule has 0 heterocycles. The number of benzene rings is 1. The summed E-state index contributed by atoms with van der Waals surface area (Å²) in [5.74, 6) is -0.604. The van der Waals surface area contributed by atoms with Crippen molar-refractivity contribution in [1.82, 2.24) is 5.32 Å². The number of nitrogen functional groups attached to an aromatic ring is 1. The third kappa shape index (κ3) is 3.37. The number of primary amides is 1. The molecule has 0 aliphatic heterocycles. The fourth-order valence-corrected chi connectivity index (χ4v) is 1.87. The van der Waals surface area contributed by atoms with Crippen molar-refractivity contribution < 1.29 is 9.59 Å². The Morgan fingerprint density at radius 1 is 1.42 bits per heavy atom. The predicted molar refractivity (Wildman–Crippen MR) is 73.8 cm³/mol. The molecule has 2 rings (SSSR count). The summed E-state index contributed by atoms with van der Waals surface area (Å²) >= 11 is 0. The molecule has 1 aliphatic rings. The first-order chi connectivity index (χ1) is 8.97. The molecule has 0 unspecified atom stereocenters. The van der Waals surface area contributed by atoms with Gasteiger partial charge in [-0.3, -0.25) is 9.59 Å². The van der Waals surface area contributed by atoms with E-state index in [1.807, 2.05) is 0 Å². The summed E-state index contributed by atoms with van der Waals surface area (Å²) in [5.41, 5.74) is 12.5. The quantitative estimate of drug-likeness (QED) is 0.654. The molecule has 1 aromatic rings. The standard InChI is InChI=1S/C13H18N4O2/c1-17(7-12(18)16-9-3-4-9)11-6-8(14)2-5-10(11)13(15)19/h2,5-6,9H,3-4,7,14H2,1H3,(H2,15,19)(H,16,18). The molecule has 2 amide bonds. The number of rotatable bonds is 5. The van der Waals surface area contributed by atoms with E-state index in [9.17, 15) is 9.59 Å². The van der Waals surface area contributed by atoms with Crippen LogP contribution >= 0.6 is 0 Å². The zero-order chi connectivity index (χ0) is 14.0. The fourth-order valence-electron chi connectivity index (χ4n) is 1.87. The molecule has 0 saturated heterocycles. The Hall–Kier alpha value is -2.24. The first-order valence-electron chi connectivity index (χ1n) is 6.17. The van der Waals surface area contributed by atoms with Crippen LogP contribution in [-0.4, -0.2) is 31.4 Å². The monoisotopic (exact) mass is 262 g/mol. The summed E-state index contributed by atoms with van der Waals surface area (Å²) in [4.78, 5) is 24.8. The minimum absolute atomic E-state index is 0.0668. The van der Waals surface area contributed by atoms with Crippen molar-refractivity contribution in [2.45, 2.75) is 18.9 Å². The molecule has 0 bridgehead atoms. The van der Waals surface area contributed by atoms with E-state index in [4.69, 9.17) is 11.5 Å². The van der Waals surface area contributed by atoms with Gasteiger partial charge in [0.15, 0.2) is 0 Å². The van der Waals surface area contributed by atoms with Crippen LogP contribution in [0.3, 0.4) is 0 Å². The maximum absolute atomic E-state index is 11.7. The summed E-state index contributed by atoms with van der Waals surface area (Å²) in [6, 6.07) is 5.14. The number of carbonyl (C=O) groups excluding carboxylic acids is 2. The highest BCUT2D eigenvalue weighted by Gasteiger charge is 2.24. The van der Waals surface area contributed by atoms with Gasteiger partial charge >= 0.3 is 0 Å². The maximum atomic E-state index is 11.7. The molecule has 102 valence electrons. The van der Waals surface area contributed by atoms with E-state index in [0.717, 1.165) is 12.8 Å². The Morgan fingerprint density at radius 2 is 2.11 bits per heavy atom. The van der Waals surface area contributed by atoms with E-state index in [1.54, 1.807) is 30.1 Å². The second-order valence-corrected chi connectivity index (χ2v) is 4.84. The molecule has 6 heteroatoms. The largest absolute Gasteiger partial charge is 0.399 e. The second kappa shape index (κ2) is 5.17. The van der Waals surface area contributed by atoms with Crippen molar-refractivity contribution in [3.05, 3.63) is 23.8 Å². The van der Waals surface area contributed by atoms with Crippen LogP contribution < -0.4 is 21.7 Å². The number of nitrogens with zero attached hydrogens (tertiary/aromatic N) is 1. The van der Waals surface area contributed by atoms with Crippen molar-refractivity contribution in [3.8, 4) is 0 Å². The van der Waals surface area contributed by atoms with Gasteiger partial charge in [-0.05, 0) is 31.0 Å². The van der Waals surface area contributed by atoms with Crippen LogP contribution in [0.2, 0.25) is 0 Å². The topological polar surface area (TPSA) is 101 Å². The predicted octanol–water partition coefficient (Wildman–Crippen LogP) is 0.0825. The average Bonchev–Trinajstić information content (AvgIpc) is 3.12. The van der Waals surface area contributed by atoms with Gasteiger partial charge in [0.05, 0.1) is 17.8 Å². The maximum Gasteiger partial charge on any atom is 0.250 e. The van der Waals surface area contributed by atoms with Gasteiger partial charge in [-0.1, -0.05) is 0 Å². The van der Waals surface area contributed by atoms with E-state index in [0.29, 0.717) is 23.0 Å². The number of likely N-dealkylation sites (N-methyl/N-ethyl adjacent to an activating group) is 1. The summed E-state index contributed by atoms with van der Waals surface area (Å²) < 4.78 is 0. The van der Waals surface area contributed by atoms with Gasteiger partial charge in [-0.2, -0.15) is 0 Å². The summed E-state index contributed by atoms with van der Waals surface area (Å²) in [5, 5.41) is 2.89. The number of anilines is 2. The zero-order valence-corrected chi connectivity index (χ0v) is 10.8. The van der Waals surface area contributed by atoms with Crippen LogP contribution in [0.25, 0.3) is 0 Å². The van der Waals surface area contributed by atoms with E-state index < -0.39 is 5.91 Å². The van der Waals surface area contributed by atoms with Gasteiger partial charge < -0.3 is 21.7 Å². The van der Waals surface area contributed by atoms with E-state index >= 15 is 0 Å². The lowest BCUT2D eigenvalue weighted by atomic mass is 10.1. The lowest BCUT2D eigenvalue weighted by molar-refractivity contribution is -0.119. The van der Waals surface area contributed by atoms with Gasteiger partial charge in [0.1, 0.15) is 0 Å². The van der Waals surface area contributed by atoms with Crippen molar-refractivity contribution in [2.24, 2.45) is 5.73 Å². The Morgan fingerprint density at radius 3 is 2.68 bits per heavy atom. The van der Waals surface area contributed by atoms with Crippen molar-refractivity contribution >= 4 is 23.2 Å². The normalized spacial score (nSPS) is 13.9. The highest BCUT2D eigenvalue weighted by molar-refractivity contribution is 6.00. The Balaban J connectivity index is 2.12. The lowest BCUT2D eigenvalue weighted by Crippen LogP contribution is -2.37. The third-order valence-corrected chi connectivity index (χ3v) is 3.02. The van der Waals surface area contributed by atoms with E-state index in [1.165, 1.54) is 0 Å². The number of hydrogen-bond donors (Lipinski definition) is 3. The summed E-state index contributed by atoms with van der Waals surface area (Å²) in [6.45, 7) is 0.167. The Kier molecular flexibility index (Phi) is 3.59. The molecule has 0 spiro atoms. The Bertz CT molecular complexity index is 511. The number of nitrogens with two attached hydrogens (primary N) is 2. The van der Waals surface area contributed by atoms with Gasteiger partial charge in [0, 0.05) is 18.8 Å². The van der Waals surface area contributed by atoms with Crippen molar-refractivity contribution in [2.75, 3.05) is 24.2 Å². The van der Waals surface area contributed by atoms with Crippen LogP contribution in [0, 0.1) is 0 Å². The van der Waals surface area contributed by atoms with Gasteiger partial charge in [0.25, 0.3) is 5.91 Å². The van der Waals surface area contributed by atoms with Crippen LogP contribution in [0.4, 0.5) is 11.4 Å². The summed E-state index contributed by atoms with van der Waals surface area (Å²) in [6.07, 6.45) is 2.08. The van der Waals surface area contributed by atoms with Crippen LogP contribution in [-0.2, 0) is 4.79 Å². The summed E-state index contributed by atoms with van der Waals surface area (Å²) in [7, 11) is 1.73. The van der Waals surface area contributed by atoms with Crippen LogP contribution in [0.1, 0.15) is 23.2 Å². The molecule has 19 heavy (non-hydrogen) atoms. The Labute approximate surface area is 111 Å². The molecule has 5 N–H and O–H groups in total. The second-order valence-electron chi connectivity index (χ2n) is 4.84. The molecule has 1 aliphatic carbocycles. The molecule has 0 aromatic heterocycles. The molecule has 1 saturated carbocycles. The number of hydrogen-bond acceptors (Lipinski definition) is 4. The molecule has 6 nitrogen and oxygen atoms in total. The van der Waals surface area contributed by atoms with Gasteiger partial charge in [-0.15, -0.1) is 0 Å². The molecule has 1 aromatic carbocycles. The molecule has 1 fully saturated rings. The molecule has 0 atom stereocenters. The van der Waals surface area contributed by atoms with Gasteiger partial charge in [-0.25, -0.2) is 0 Å². The lowest BCUT2D eigenvalue weighted by Gasteiger charge is -2.21. The van der Waals surface area contributed by atoms with E-state index in [2.05, 4.69) is 5.32 Å². The highest BCUT2D eigenvalue weighted by atomic mass is 16.2. The molecular weight excluding hydrogens is 244 g/mol. The number of amides is 2.